The molecule has 7 heteroatoms. The number of carboxylic acids is 1. The minimum atomic E-state index is -0.841. The highest BCUT2D eigenvalue weighted by Crippen LogP contribution is 2.19. The van der Waals surface area contributed by atoms with Crippen LogP contribution in [-0.2, 0) is 16.0 Å². The number of hydrogen-bond acceptors (Lipinski definition) is 4. The van der Waals surface area contributed by atoms with Crippen LogP contribution in [0, 0.1) is 19.8 Å². The largest absolute Gasteiger partial charge is 0.481 e. The second kappa shape index (κ2) is 6.43. The van der Waals surface area contributed by atoms with Crippen LogP contribution in [0.4, 0.5) is 0 Å². The standard InChI is InChI=1S/C17H20N4O3/c1-11-3-5-14(6-4-11)21-12(2)15(18-19-21)9-16(22)20-8-7-13(10-20)17(23)24/h3-6,13H,7-10H2,1-2H3,(H,23,24)/t13-/m1/s1. The molecule has 126 valence electrons. The number of carbonyl (C=O) groups excluding carboxylic acids is 1. The van der Waals surface area contributed by atoms with Gasteiger partial charge in [-0.1, -0.05) is 22.9 Å². The molecule has 0 bridgehead atoms. The van der Waals surface area contributed by atoms with Gasteiger partial charge < -0.3 is 10.0 Å². The summed E-state index contributed by atoms with van der Waals surface area (Å²) in [5.41, 5.74) is 3.51. The van der Waals surface area contributed by atoms with E-state index in [9.17, 15) is 9.59 Å². The second-order valence-electron chi connectivity index (χ2n) is 6.21. The Bertz CT molecular complexity index is 767. The predicted octanol–water partition coefficient (Wildman–Crippen LogP) is 1.36. The van der Waals surface area contributed by atoms with E-state index in [2.05, 4.69) is 10.3 Å². The smallest absolute Gasteiger partial charge is 0.308 e. The Hall–Kier alpha value is -2.70. The first-order valence-corrected chi connectivity index (χ1v) is 7.94. The molecular weight excluding hydrogens is 308 g/mol. The van der Waals surface area contributed by atoms with E-state index < -0.39 is 11.9 Å². The van der Waals surface area contributed by atoms with Crippen molar-refractivity contribution in [2.75, 3.05) is 13.1 Å². The van der Waals surface area contributed by atoms with Gasteiger partial charge in [-0.05, 0) is 32.4 Å². The normalized spacial score (nSPS) is 17.2. The molecule has 0 radical (unpaired) electrons. The van der Waals surface area contributed by atoms with Crippen LogP contribution in [0.3, 0.4) is 0 Å². The van der Waals surface area contributed by atoms with Gasteiger partial charge in [0.2, 0.25) is 5.91 Å². The van der Waals surface area contributed by atoms with Crippen LogP contribution in [0.25, 0.3) is 5.69 Å². The number of carboxylic acid groups (broad SMARTS) is 1. The van der Waals surface area contributed by atoms with Crippen molar-refractivity contribution in [2.24, 2.45) is 5.92 Å². The molecular formula is C17H20N4O3. The summed E-state index contributed by atoms with van der Waals surface area (Å²) in [7, 11) is 0. The molecule has 1 N–H and O–H groups in total. The van der Waals surface area contributed by atoms with Crippen LogP contribution in [0.5, 0.6) is 0 Å². The lowest BCUT2D eigenvalue weighted by molar-refractivity contribution is -0.141. The maximum absolute atomic E-state index is 12.4. The maximum Gasteiger partial charge on any atom is 0.308 e. The van der Waals surface area contributed by atoms with E-state index in [1.54, 1.807) is 9.58 Å². The molecule has 24 heavy (non-hydrogen) atoms. The van der Waals surface area contributed by atoms with Crippen LogP contribution in [0.1, 0.15) is 23.4 Å². The fourth-order valence-corrected chi connectivity index (χ4v) is 2.90. The minimum absolute atomic E-state index is 0.0993. The third kappa shape index (κ3) is 3.15. The third-order valence-electron chi connectivity index (χ3n) is 4.48. The van der Waals surface area contributed by atoms with Gasteiger partial charge >= 0.3 is 5.97 Å². The highest BCUT2D eigenvalue weighted by molar-refractivity contribution is 5.80. The van der Waals surface area contributed by atoms with Gasteiger partial charge in [0.05, 0.1) is 29.4 Å². The van der Waals surface area contributed by atoms with Gasteiger partial charge in [-0.15, -0.1) is 5.10 Å². The molecule has 2 heterocycles. The summed E-state index contributed by atoms with van der Waals surface area (Å²) in [6.45, 7) is 4.66. The number of benzene rings is 1. The van der Waals surface area contributed by atoms with Gasteiger partial charge in [-0.25, -0.2) is 4.68 Å². The van der Waals surface area contributed by atoms with Crippen molar-refractivity contribution in [1.82, 2.24) is 19.9 Å². The molecule has 2 aromatic rings. The molecule has 1 fully saturated rings. The summed E-state index contributed by atoms with van der Waals surface area (Å²) >= 11 is 0. The zero-order valence-electron chi connectivity index (χ0n) is 13.8. The maximum atomic E-state index is 12.4. The molecule has 1 aromatic carbocycles. The van der Waals surface area contributed by atoms with Crippen molar-refractivity contribution in [1.29, 1.82) is 0 Å². The summed E-state index contributed by atoms with van der Waals surface area (Å²) in [6.07, 6.45) is 0.653. The van der Waals surface area contributed by atoms with Crippen molar-refractivity contribution in [2.45, 2.75) is 26.7 Å². The van der Waals surface area contributed by atoms with Crippen molar-refractivity contribution in [3.8, 4) is 5.69 Å². The third-order valence-corrected chi connectivity index (χ3v) is 4.48. The Morgan fingerprint density at radius 3 is 2.58 bits per heavy atom. The molecule has 1 amide bonds. The second-order valence-corrected chi connectivity index (χ2v) is 6.21. The lowest BCUT2D eigenvalue weighted by Gasteiger charge is -2.15. The molecule has 0 spiro atoms. The number of rotatable bonds is 4. The summed E-state index contributed by atoms with van der Waals surface area (Å²) in [4.78, 5) is 25.0. The number of aromatic nitrogens is 3. The average molecular weight is 328 g/mol. The lowest BCUT2D eigenvalue weighted by atomic mass is 10.1. The number of likely N-dealkylation sites (tertiary alicyclic amines) is 1. The van der Waals surface area contributed by atoms with E-state index in [4.69, 9.17) is 5.11 Å². The van der Waals surface area contributed by atoms with Gasteiger partial charge in [0.1, 0.15) is 0 Å². The predicted molar refractivity (Wildman–Crippen MR) is 86.9 cm³/mol. The summed E-state index contributed by atoms with van der Waals surface area (Å²) in [5.74, 6) is -1.40. The molecule has 3 rings (SSSR count). The first-order chi connectivity index (χ1) is 11.5. The molecule has 0 unspecified atom stereocenters. The number of aryl methyl sites for hydroxylation is 1. The number of amides is 1. The monoisotopic (exact) mass is 328 g/mol. The Morgan fingerprint density at radius 2 is 1.96 bits per heavy atom. The van der Waals surface area contributed by atoms with E-state index in [-0.39, 0.29) is 18.9 Å². The van der Waals surface area contributed by atoms with Gasteiger partial charge in [0.15, 0.2) is 0 Å². The zero-order chi connectivity index (χ0) is 17.3. The number of nitrogens with zero attached hydrogens (tertiary/aromatic N) is 4. The van der Waals surface area contributed by atoms with Gasteiger partial charge in [0, 0.05) is 13.1 Å². The van der Waals surface area contributed by atoms with Crippen molar-refractivity contribution >= 4 is 11.9 Å². The molecule has 1 atom stereocenters. The highest BCUT2D eigenvalue weighted by atomic mass is 16.4. The zero-order valence-corrected chi connectivity index (χ0v) is 13.8. The van der Waals surface area contributed by atoms with Crippen molar-refractivity contribution in [3.05, 3.63) is 41.2 Å². The first-order valence-electron chi connectivity index (χ1n) is 7.94. The average Bonchev–Trinajstić information content (AvgIpc) is 3.17. The number of carbonyl (C=O) groups is 2. The molecule has 1 aromatic heterocycles. The fourth-order valence-electron chi connectivity index (χ4n) is 2.90. The van der Waals surface area contributed by atoms with E-state index in [0.29, 0.717) is 18.7 Å². The van der Waals surface area contributed by atoms with Crippen LogP contribution in [0.15, 0.2) is 24.3 Å². The van der Waals surface area contributed by atoms with Gasteiger partial charge in [-0.2, -0.15) is 0 Å². The topological polar surface area (TPSA) is 88.3 Å². The highest BCUT2D eigenvalue weighted by Gasteiger charge is 2.31. The van der Waals surface area contributed by atoms with Gasteiger partial charge in [-0.3, -0.25) is 9.59 Å². The van der Waals surface area contributed by atoms with E-state index in [0.717, 1.165) is 16.9 Å². The van der Waals surface area contributed by atoms with E-state index >= 15 is 0 Å². The summed E-state index contributed by atoms with van der Waals surface area (Å²) in [5, 5.41) is 17.3. The van der Waals surface area contributed by atoms with Crippen LogP contribution >= 0.6 is 0 Å². The summed E-state index contributed by atoms with van der Waals surface area (Å²) < 4.78 is 1.71. The Kier molecular flexibility index (Phi) is 4.33. The van der Waals surface area contributed by atoms with Crippen molar-refractivity contribution in [3.63, 3.8) is 0 Å². The molecule has 1 saturated heterocycles. The Balaban J connectivity index is 1.71. The summed E-state index contributed by atoms with van der Waals surface area (Å²) in [6, 6.07) is 7.91. The Morgan fingerprint density at radius 1 is 1.25 bits per heavy atom. The molecule has 7 nitrogen and oxygen atoms in total. The first kappa shape index (κ1) is 16.2. The van der Waals surface area contributed by atoms with Gasteiger partial charge in [0.25, 0.3) is 0 Å². The van der Waals surface area contributed by atoms with E-state index in [1.165, 1.54) is 0 Å². The SMILES string of the molecule is Cc1ccc(-n2nnc(CC(=O)N3CC[C@@H](C(=O)O)C3)c2C)cc1. The molecule has 0 saturated carbocycles. The lowest BCUT2D eigenvalue weighted by Crippen LogP contribution is -2.31. The Labute approximate surface area is 139 Å². The molecule has 1 aliphatic rings. The minimum Gasteiger partial charge on any atom is -0.481 e. The quantitative estimate of drug-likeness (QED) is 0.915. The van der Waals surface area contributed by atoms with Crippen molar-refractivity contribution < 1.29 is 14.7 Å². The fraction of sp³-hybridized carbons (Fsp3) is 0.412. The molecule has 0 aliphatic carbocycles. The molecule has 1 aliphatic heterocycles. The number of hydrogen-bond donors (Lipinski definition) is 1. The van der Waals surface area contributed by atoms with E-state index in [1.807, 2.05) is 38.1 Å². The number of aliphatic carboxylic acids is 1. The van der Waals surface area contributed by atoms with Crippen LogP contribution < -0.4 is 0 Å². The van der Waals surface area contributed by atoms with Crippen LogP contribution in [0.2, 0.25) is 0 Å². The van der Waals surface area contributed by atoms with Crippen LogP contribution in [-0.4, -0.2) is 50.0 Å².